The Labute approximate surface area is 110 Å². The molecule has 6 heteroatoms. The number of anilines is 1. The van der Waals surface area contributed by atoms with Crippen molar-refractivity contribution in [2.24, 2.45) is 5.41 Å². The second kappa shape index (κ2) is 4.83. The van der Waals surface area contributed by atoms with Crippen LogP contribution in [0.3, 0.4) is 0 Å². The second-order valence-electron chi connectivity index (χ2n) is 4.25. The number of nitrogens with zero attached hydrogens (tertiary/aromatic N) is 2. The molecule has 0 radical (unpaired) electrons. The molecule has 0 atom stereocenters. The summed E-state index contributed by atoms with van der Waals surface area (Å²) in [5, 5.41) is 12.4. The predicted molar refractivity (Wildman–Crippen MR) is 66.4 cm³/mol. The third-order valence-electron chi connectivity index (χ3n) is 2.97. The van der Waals surface area contributed by atoms with Gasteiger partial charge in [-0.2, -0.15) is 5.26 Å². The number of carbonyl (C=O) groups is 1. The third kappa shape index (κ3) is 2.39. The summed E-state index contributed by atoms with van der Waals surface area (Å²) in [6.45, 7) is 0.457. The van der Waals surface area contributed by atoms with Crippen LogP contribution >= 0.6 is 11.6 Å². The number of carbonyl (C=O) groups excluding carboxylic acids is 1. The highest BCUT2D eigenvalue weighted by Crippen LogP contribution is 2.45. The number of halogens is 1. The highest BCUT2D eigenvalue weighted by atomic mass is 35.5. The Kier molecular flexibility index (Phi) is 3.39. The van der Waals surface area contributed by atoms with E-state index in [1.165, 1.54) is 13.3 Å². The van der Waals surface area contributed by atoms with Crippen molar-refractivity contribution < 1.29 is 9.53 Å². The minimum atomic E-state index is -0.554. The first-order valence-corrected chi connectivity index (χ1v) is 5.88. The largest absolute Gasteiger partial charge is 0.464 e. The van der Waals surface area contributed by atoms with Gasteiger partial charge in [-0.05, 0) is 18.9 Å². The quantitative estimate of drug-likeness (QED) is 0.845. The van der Waals surface area contributed by atoms with Gasteiger partial charge in [-0.25, -0.2) is 9.78 Å². The number of ether oxygens (including phenoxy) is 1. The summed E-state index contributed by atoms with van der Waals surface area (Å²) in [6, 6.07) is 3.85. The molecule has 0 amide bonds. The Hall–Kier alpha value is -1.80. The lowest BCUT2D eigenvalue weighted by molar-refractivity contribution is 0.0595. The van der Waals surface area contributed by atoms with Crippen LogP contribution in [-0.4, -0.2) is 24.6 Å². The first-order valence-electron chi connectivity index (χ1n) is 5.50. The van der Waals surface area contributed by atoms with E-state index in [0.29, 0.717) is 17.3 Å². The molecule has 1 fully saturated rings. The number of nitrogens with one attached hydrogen (secondary N) is 1. The lowest BCUT2D eigenvalue weighted by Crippen LogP contribution is -2.17. The predicted octanol–water partition coefficient (Wildman–Crippen LogP) is 2.24. The molecule has 1 aromatic heterocycles. The highest BCUT2D eigenvalue weighted by molar-refractivity contribution is 6.33. The van der Waals surface area contributed by atoms with Crippen molar-refractivity contribution in [2.45, 2.75) is 12.8 Å². The molecule has 1 saturated carbocycles. The Morgan fingerprint density at radius 3 is 3.00 bits per heavy atom. The van der Waals surface area contributed by atoms with Crippen LogP contribution in [0.1, 0.15) is 23.3 Å². The maximum atomic E-state index is 11.5. The van der Waals surface area contributed by atoms with Crippen molar-refractivity contribution in [2.75, 3.05) is 19.0 Å². The molecule has 0 aliphatic heterocycles. The summed E-state index contributed by atoms with van der Waals surface area (Å²) in [5.74, 6) is -0.554. The van der Waals surface area contributed by atoms with Crippen molar-refractivity contribution >= 4 is 23.3 Å². The molecule has 0 unspecified atom stereocenters. The molecule has 94 valence electrons. The third-order valence-corrected chi connectivity index (χ3v) is 3.29. The van der Waals surface area contributed by atoms with E-state index in [-0.39, 0.29) is 11.1 Å². The fourth-order valence-corrected chi connectivity index (χ4v) is 1.81. The normalized spacial score (nSPS) is 15.6. The monoisotopic (exact) mass is 265 g/mol. The van der Waals surface area contributed by atoms with Crippen LogP contribution in [0, 0.1) is 16.7 Å². The van der Waals surface area contributed by atoms with Gasteiger partial charge in [-0.3, -0.25) is 0 Å². The van der Waals surface area contributed by atoms with E-state index < -0.39 is 5.97 Å². The molecule has 1 N–H and O–H groups in total. The van der Waals surface area contributed by atoms with Crippen molar-refractivity contribution in [1.82, 2.24) is 4.98 Å². The number of aromatic nitrogens is 1. The van der Waals surface area contributed by atoms with Gasteiger partial charge in [0.2, 0.25) is 0 Å². The van der Waals surface area contributed by atoms with Crippen LogP contribution < -0.4 is 5.32 Å². The second-order valence-corrected chi connectivity index (χ2v) is 4.66. The molecular formula is C12H12ClN3O2. The lowest BCUT2D eigenvalue weighted by Gasteiger charge is -2.13. The number of nitriles is 1. The van der Waals surface area contributed by atoms with Gasteiger partial charge >= 0.3 is 5.97 Å². The highest BCUT2D eigenvalue weighted by Gasteiger charge is 2.43. The zero-order valence-electron chi connectivity index (χ0n) is 9.86. The number of esters is 1. The summed E-state index contributed by atoms with van der Waals surface area (Å²) < 4.78 is 4.64. The smallest absolute Gasteiger partial charge is 0.358 e. The first-order chi connectivity index (χ1) is 8.62. The summed E-state index contributed by atoms with van der Waals surface area (Å²) >= 11 is 6.03. The molecule has 1 aliphatic carbocycles. The average Bonchev–Trinajstić information content (AvgIpc) is 3.17. The van der Waals surface area contributed by atoms with Crippen LogP contribution in [0.5, 0.6) is 0 Å². The zero-order chi connectivity index (χ0) is 13.2. The molecular weight excluding hydrogens is 254 g/mol. The Balaban J connectivity index is 2.21. The van der Waals surface area contributed by atoms with E-state index in [1.807, 2.05) is 0 Å². The fraction of sp³-hybridized carbons (Fsp3) is 0.417. The van der Waals surface area contributed by atoms with E-state index >= 15 is 0 Å². The van der Waals surface area contributed by atoms with Gasteiger partial charge in [0.1, 0.15) is 0 Å². The van der Waals surface area contributed by atoms with Gasteiger partial charge in [-0.15, -0.1) is 0 Å². The molecule has 1 aliphatic rings. The maximum Gasteiger partial charge on any atom is 0.358 e. The van der Waals surface area contributed by atoms with Crippen molar-refractivity contribution in [3.63, 3.8) is 0 Å². The number of rotatable bonds is 4. The van der Waals surface area contributed by atoms with E-state index in [4.69, 9.17) is 16.9 Å². The standard InChI is InChI=1S/C12H12ClN3O2/c1-18-11(17)10-9(8(13)2-5-15-10)16-7-12(6-14)3-4-12/h2,5,16H,3-4,7H2,1H3. The van der Waals surface area contributed by atoms with Gasteiger partial charge in [0.15, 0.2) is 5.69 Å². The van der Waals surface area contributed by atoms with Crippen molar-refractivity contribution in [1.29, 1.82) is 5.26 Å². The zero-order valence-corrected chi connectivity index (χ0v) is 10.6. The minimum absolute atomic E-state index is 0.138. The van der Waals surface area contributed by atoms with Gasteiger partial charge < -0.3 is 10.1 Å². The Morgan fingerprint density at radius 2 is 2.44 bits per heavy atom. The molecule has 5 nitrogen and oxygen atoms in total. The summed E-state index contributed by atoms with van der Waals surface area (Å²) in [6.07, 6.45) is 3.17. The molecule has 0 aromatic carbocycles. The van der Waals surface area contributed by atoms with Crippen molar-refractivity contribution in [3.8, 4) is 6.07 Å². The van der Waals surface area contributed by atoms with E-state index in [0.717, 1.165) is 12.8 Å². The number of methoxy groups -OCH3 is 1. The van der Waals surface area contributed by atoms with Crippen molar-refractivity contribution in [3.05, 3.63) is 23.0 Å². The maximum absolute atomic E-state index is 11.5. The van der Waals surface area contributed by atoms with Gasteiger partial charge in [0.25, 0.3) is 0 Å². The van der Waals surface area contributed by atoms with Gasteiger partial charge in [0.05, 0.1) is 29.3 Å². The van der Waals surface area contributed by atoms with E-state index in [9.17, 15) is 4.79 Å². The van der Waals surface area contributed by atoms with Crippen LogP contribution in [0.25, 0.3) is 0 Å². The summed E-state index contributed by atoms with van der Waals surface area (Å²) in [5.41, 5.74) is 0.235. The Bertz CT molecular complexity index is 521. The summed E-state index contributed by atoms with van der Waals surface area (Å²) in [7, 11) is 1.28. The van der Waals surface area contributed by atoms with Crippen LogP contribution in [0.4, 0.5) is 5.69 Å². The van der Waals surface area contributed by atoms with Crippen LogP contribution in [0.2, 0.25) is 5.02 Å². The molecule has 1 aromatic rings. The summed E-state index contributed by atoms with van der Waals surface area (Å²) in [4.78, 5) is 15.5. The lowest BCUT2D eigenvalue weighted by atomic mass is 10.1. The molecule has 18 heavy (non-hydrogen) atoms. The first kappa shape index (κ1) is 12.7. The number of pyridine rings is 1. The van der Waals surface area contributed by atoms with Crippen LogP contribution in [-0.2, 0) is 4.74 Å². The van der Waals surface area contributed by atoms with Crippen LogP contribution in [0.15, 0.2) is 12.3 Å². The minimum Gasteiger partial charge on any atom is -0.464 e. The molecule has 0 spiro atoms. The molecule has 2 rings (SSSR count). The van der Waals surface area contributed by atoms with E-state index in [2.05, 4.69) is 21.1 Å². The fourth-order valence-electron chi connectivity index (χ4n) is 1.59. The van der Waals surface area contributed by atoms with E-state index in [1.54, 1.807) is 6.07 Å². The topological polar surface area (TPSA) is 75.0 Å². The van der Waals surface area contributed by atoms with Gasteiger partial charge in [-0.1, -0.05) is 11.6 Å². The average molecular weight is 266 g/mol. The molecule has 0 saturated heterocycles. The molecule has 1 heterocycles. The molecule has 0 bridgehead atoms. The van der Waals surface area contributed by atoms with Gasteiger partial charge in [0, 0.05) is 12.7 Å². The SMILES string of the molecule is COC(=O)c1nccc(Cl)c1NCC1(C#N)CC1. The number of hydrogen-bond donors (Lipinski definition) is 1. The number of hydrogen-bond acceptors (Lipinski definition) is 5. The Morgan fingerprint density at radius 1 is 1.72 bits per heavy atom.